The van der Waals surface area contributed by atoms with Crippen LogP contribution in [0.3, 0.4) is 0 Å². The third kappa shape index (κ3) is 3.19. The number of carbonyl (C=O) groups excluding carboxylic acids is 1. The molecule has 98 valence electrons. The van der Waals surface area contributed by atoms with E-state index in [0.717, 1.165) is 51.6 Å². The summed E-state index contributed by atoms with van der Waals surface area (Å²) in [5.41, 5.74) is 5.18. The predicted octanol–water partition coefficient (Wildman–Crippen LogP) is 1.00. The molecule has 4 heteroatoms. The average Bonchev–Trinajstić information content (AvgIpc) is 2.81. The van der Waals surface area contributed by atoms with Crippen molar-refractivity contribution in [2.45, 2.75) is 32.6 Å². The molecule has 2 rings (SSSR count). The predicted molar refractivity (Wildman–Crippen MR) is 66.5 cm³/mol. The Morgan fingerprint density at radius 2 is 2.18 bits per heavy atom. The number of nitrogens with zero attached hydrogens (tertiary/aromatic N) is 1. The fourth-order valence-corrected chi connectivity index (χ4v) is 2.69. The number of nitrogens with two attached hydrogens (primary N) is 1. The second-order valence-electron chi connectivity index (χ2n) is 5.78. The molecule has 0 saturated carbocycles. The van der Waals surface area contributed by atoms with Crippen LogP contribution in [-0.2, 0) is 9.53 Å². The highest BCUT2D eigenvalue weighted by Gasteiger charge is 2.35. The first-order valence-electron chi connectivity index (χ1n) is 6.70. The van der Waals surface area contributed by atoms with Gasteiger partial charge in [0.25, 0.3) is 0 Å². The second kappa shape index (κ2) is 5.36. The van der Waals surface area contributed by atoms with E-state index in [1.54, 1.807) is 0 Å². The molecule has 2 saturated heterocycles. The monoisotopic (exact) mass is 240 g/mol. The van der Waals surface area contributed by atoms with Gasteiger partial charge in [-0.05, 0) is 51.2 Å². The number of carbonyl (C=O) groups is 1. The summed E-state index contributed by atoms with van der Waals surface area (Å²) in [5.74, 6) is 0.612. The van der Waals surface area contributed by atoms with E-state index in [1.807, 2.05) is 6.92 Å². The summed E-state index contributed by atoms with van der Waals surface area (Å²) in [6, 6.07) is 0. The van der Waals surface area contributed by atoms with Gasteiger partial charge in [0.15, 0.2) is 0 Å². The molecule has 0 aromatic rings. The molecular formula is C13H24N2O2. The zero-order valence-electron chi connectivity index (χ0n) is 10.8. The number of hydrogen-bond acceptors (Lipinski definition) is 3. The number of primary amides is 1. The van der Waals surface area contributed by atoms with Crippen LogP contribution >= 0.6 is 0 Å². The Morgan fingerprint density at radius 3 is 2.71 bits per heavy atom. The summed E-state index contributed by atoms with van der Waals surface area (Å²) in [6.45, 7) is 7.03. The fraction of sp³-hybridized carbons (Fsp3) is 0.923. The van der Waals surface area contributed by atoms with Gasteiger partial charge in [-0.2, -0.15) is 0 Å². The lowest BCUT2D eigenvalue weighted by molar-refractivity contribution is -0.129. The molecule has 2 aliphatic rings. The molecule has 0 radical (unpaired) electrons. The average molecular weight is 240 g/mol. The van der Waals surface area contributed by atoms with Crippen LogP contribution in [0.25, 0.3) is 0 Å². The zero-order chi connectivity index (χ0) is 12.3. The second-order valence-corrected chi connectivity index (χ2v) is 5.78. The molecule has 2 fully saturated rings. The number of likely N-dealkylation sites (tertiary alicyclic amines) is 1. The summed E-state index contributed by atoms with van der Waals surface area (Å²) in [6.07, 6.45) is 4.26. The van der Waals surface area contributed by atoms with Crippen LogP contribution < -0.4 is 5.73 Å². The Kier molecular flexibility index (Phi) is 4.05. The molecule has 1 atom stereocenters. The molecule has 1 unspecified atom stereocenters. The van der Waals surface area contributed by atoms with E-state index in [0.29, 0.717) is 0 Å². The van der Waals surface area contributed by atoms with Crippen molar-refractivity contribution in [2.24, 2.45) is 17.1 Å². The molecule has 1 amide bonds. The van der Waals surface area contributed by atoms with Gasteiger partial charge in [0, 0.05) is 18.6 Å². The summed E-state index contributed by atoms with van der Waals surface area (Å²) >= 11 is 0. The number of rotatable bonds is 4. The number of hydrogen-bond donors (Lipinski definition) is 1. The molecule has 0 bridgehead atoms. The maximum atomic E-state index is 11.3. The smallest absolute Gasteiger partial charge is 0.223 e. The van der Waals surface area contributed by atoms with Gasteiger partial charge in [-0.25, -0.2) is 0 Å². The lowest BCUT2D eigenvalue weighted by Gasteiger charge is -2.37. The van der Waals surface area contributed by atoms with Gasteiger partial charge in [0.1, 0.15) is 0 Å². The molecule has 0 aromatic heterocycles. The standard InChI is InChI=1S/C13H24N2O2/c1-13(12(14)16)4-7-15(8-5-13)6-2-11-3-9-17-10-11/h11H,2-10H2,1H3,(H2,14,16). The zero-order valence-corrected chi connectivity index (χ0v) is 10.8. The van der Waals surface area contributed by atoms with E-state index in [2.05, 4.69) is 4.90 Å². The van der Waals surface area contributed by atoms with Gasteiger partial charge >= 0.3 is 0 Å². The summed E-state index contributed by atoms with van der Waals surface area (Å²) < 4.78 is 5.38. The molecule has 0 aliphatic carbocycles. The van der Waals surface area contributed by atoms with Gasteiger partial charge in [0.2, 0.25) is 5.91 Å². The third-order valence-electron chi connectivity index (χ3n) is 4.43. The number of amides is 1. The van der Waals surface area contributed by atoms with E-state index in [-0.39, 0.29) is 11.3 Å². The van der Waals surface area contributed by atoms with Crippen molar-refractivity contribution in [3.8, 4) is 0 Å². The quantitative estimate of drug-likeness (QED) is 0.797. The van der Waals surface area contributed by atoms with Crippen LogP contribution in [0.1, 0.15) is 32.6 Å². The highest BCUT2D eigenvalue weighted by Crippen LogP contribution is 2.30. The van der Waals surface area contributed by atoms with Crippen molar-refractivity contribution in [3.05, 3.63) is 0 Å². The maximum Gasteiger partial charge on any atom is 0.223 e. The van der Waals surface area contributed by atoms with E-state index in [9.17, 15) is 4.79 Å². The largest absolute Gasteiger partial charge is 0.381 e. The Balaban J connectivity index is 1.70. The van der Waals surface area contributed by atoms with Crippen LogP contribution in [0.5, 0.6) is 0 Å². The molecule has 4 nitrogen and oxygen atoms in total. The van der Waals surface area contributed by atoms with Gasteiger partial charge in [0.05, 0.1) is 0 Å². The fourth-order valence-electron chi connectivity index (χ4n) is 2.69. The molecular weight excluding hydrogens is 216 g/mol. The molecule has 2 heterocycles. The molecule has 0 spiro atoms. The van der Waals surface area contributed by atoms with E-state index < -0.39 is 0 Å². The Labute approximate surface area is 103 Å². The highest BCUT2D eigenvalue weighted by atomic mass is 16.5. The van der Waals surface area contributed by atoms with Crippen LogP contribution in [0.15, 0.2) is 0 Å². The first-order chi connectivity index (χ1) is 8.10. The minimum atomic E-state index is -0.271. The Morgan fingerprint density at radius 1 is 1.47 bits per heavy atom. The first-order valence-corrected chi connectivity index (χ1v) is 6.70. The molecule has 0 aromatic carbocycles. The molecule has 17 heavy (non-hydrogen) atoms. The van der Waals surface area contributed by atoms with Crippen LogP contribution in [0, 0.1) is 11.3 Å². The van der Waals surface area contributed by atoms with Gasteiger partial charge in [-0.3, -0.25) is 4.79 Å². The normalized spacial score (nSPS) is 29.4. The Bertz CT molecular complexity index is 267. The summed E-state index contributed by atoms with van der Waals surface area (Å²) in [5, 5.41) is 0. The molecule has 2 aliphatic heterocycles. The van der Waals surface area contributed by atoms with Gasteiger partial charge < -0.3 is 15.4 Å². The van der Waals surface area contributed by atoms with E-state index in [4.69, 9.17) is 10.5 Å². The van der Waals surface area contributed by atoms with Crippen molar-refractivity contribution in [1.82, 2.24) is 4.90 Å². The first kappa shape index (κ1) is 12.8. The van der Waals surface area contributed by atoms with Crippen LogP contribution in [0.4, 0.5) is 0 Å². The lowest BCUT2D eigenvalue weighted by Crippen LogP contribution is -2.45. The summed E-state index contributed by atoms with van der Waals surface area (Å²) in [4.78, 5) is 13.8. The minimum Gasteiger partial charge on any atom is -0.381 e. The summed E-state index contributed by atoms with van der Waals surface area (Å²) in [7, 11) is 0. The molecule has 2 N–H and O–H groups in total. The topological polar surface area (TPSA) is 55.6 Å². The highest BCUT2D eigenvalue weighted by molar-refractivity contribution is 5.80. The van der Waals surface area contributed by atoms with Crippen molar-refractivity contribution < 1.29 is 9.53 Å². The van der Waals surface area contributed by atoms with Crippen molar-refractivity contribution >= 4 is 5.91 Å². The SMILES string of the molecule is CC1(C(N)=O)CCN(CCC2CCOC2)CC1. The maximum absolute atomic E-state index is 11.3. The van der Waals surface area contributed by atoms with Crippen molar-refractivity contribution in [2.75, 3.05) is 32.8 Å². The van der Waals surface area contributed by atoms with E-state index in [1.165, 1.54) is 12.8 Å². The third-order valence-corrected chi connectivity index (χ3v) is 4.43. The van der Waals surface area contributed by atoms with Crippen molar-refractivity contribution in [1.29, 1.82) is 0 Å². The lowest BCUT2D eigenvalue weighted by atomic mass is 9.79. The Hall–Kier alpha value is -0.610. The number of piperidine rings is 1. The van der Waals surface area contributed by atoms with Crippen molar-refractivity contribution in [3.63, 3.8) is 0 Å². The van der Waals surface area contributed by atoms with E-state index >= 15 is 0 Å². The van der Waals surface area contributed by atoms with Gasteiger partial charge in [-0.1, -0.05) is 6.92 Å². The van der Waals surface area contributed by atoms with Crippen LogP contribution in [0.2, 0.25) is 0 Å². The number of ether oxygens (including phenoxy) is 1. The minimum absolute atomic E-state index is 0.138. The van der Waals surface area contributed by atoms with Crippen LogP contribution in [-0.4, -0.2) is 43.7 Å². The van der Waals surface area contributed by atoms with Gasteiger partial charge in [-0.15, -0.1) is 0 Å².